The van der Waals surface area contributed by atoms with Gasteiger partial charge in [0.05, 0.1) is 17.4 Å². The van der Waals surface area contributed by atoms with Crippen LogP contribution in [0.25, 0.3) is 0 Å². The Balaban J connectivity index is 1.71. The van der Waals surface area contributed by atoms with Crippen LogP contribution in [0.15, 0.2) is 73.1 Å². The van der Waals surface area contributed by atoms with Crippen LogP contribution in [0.3, 0.4) is 0 Å². The number of nitrogens with zero attached hydrogens (tertiary/aromatic N) is 2. The summed E-state index contributed by atoms with van der Waals surface area (Å²) in [6, 6.07) is 19.0. The van der Waals surface area contributed by atoms with Crippen LogP contribution in [-0.2, 0) is 6.54 Å². The molecule has 5 heteroatoms. The van der Waals surface area contributed by atoms with E-state index in [2.05, 4.69) is 10.3 Å². The van der Waals surface area contributed by atoms with Crippen molar-refractivity contribution in [2.24, 2.45) is 0 Å². The van der Waals surface area contributed by atoms with Gasteiger partial charge in [-0.25, -0.2) is 0 Å². The average Bonchev–Trinajstić information content (AvgIpc) is 2.64. The Morgan fingerprint density at radius 1 is 1.04 bits per heavy atom. The molecule has 0 spiro atoms. The Morgan fingerprint density at radius 3 is 2.48 bits per heavy atom. The minimum absolute atomic E-state index is 0.0730. The lowest BCUT2D eigenvalue weighted by atomic mass is 10.2. The first-order valence-corrected chi connectivity index (χ1v) is 8.26. The minimum Gasteiger partial charge on any atom is -0.354 e. The zero-order valence-electron chi connectivity index (χ0n) is 13.8. The maximum absolute atomic E-state index is 12.6. The predicted octanol–water partition coefficient (Wildman–Crippen LogP) is 4.75. The van der Waals surface area contributed by atoms with Crippen molar-refractivity contribution in [1.82, 2.24) is 9.88 Å². The summed E-state index contributed by atoms with van der Waals surface area (Å²) in [5, 5.41) is 3.90. The van der Waals surface area contributed by atoms with E-state index in [0.717, 1.165) is 16.9 Å². The second-order valence-corrected chi connectivity index (χ2v) is 6.18. The summed E-state index contributed by atoms with van der Waals surface area (Å²) < 4.78 is 0. The molecule has 0 saturated carbocycles. The summed E-state index contributed by atoms with van der Waals surface area (Å²) in [5.74, 6) is -0.0730. The molecule has 25 heavy (non-hydrogen) atoms. The van der Waals surface area contributed by atoms with E-state index in [-0.39, 0.29) is 5.91 Å². The van der Waals surface area contributed by atoms with Crippen molar-refractivity contribution >= 4 is 28.9 Å². The fourth-order valence-electron chi connectivity index (χ4n) is 2.47. The number of hydrogen-bond acceptors (Lipinski definition) is 3. The minimum atomic E-state index is -0.0730. The molecule has 2 aromatic carbocycles. The quantitative estimate of drug-likeness (QED) is 0.721. The largest absolute Gasteiger partial charge is 0.354 e. The number of hydrogen-bond donors (Lipinski definition) is 1. The molecule has 0 atom stereocenters. The lowest BCUT2D eigenvalue weighted by Gasteiger charge is -2.17. The lowest BCUT2D eigenvalue weighted by Crippen LogP contribution is -2.26. The molecule has 3 rings (SSSR count). The summed E-state index contributed by atoms with van der Waals surface area (Å²) in [6.45, 7) is 0.550. The predicted molar refractivity (Wildman–Crippen MR) is 101 cm³/mol. The number of pyridine rings is 1. The molecule has 0 aliphatic heterocycles. The number of halogens is 1. The van der Waals surface area contributed by atoms with Crippen LogP contribution < -0.4 is 5.32 Å². The number of rotatable bonds is 5. The molecule has 0 unspecified atom stereocenters. The van der Waals surface area contributed by atoms with Crippen molar-refractivity contribution in [3.63, 3.8) is 0 Å². The number of carbonyl (C=O) groups is 1. The number of nitrogens with one attached hydrogen (secondary N) is 1. The summed E-state index contributed by atoms with van der Waals surface area (Å²) >= 11 is 5.89. The van der Waals surface area contributed by atoms with Gasteiger partial charge in [-0.3, -0.25) is 9.78 Å². The summed E-state index contributed by atoms with van der Waals surface area (Å²) in [7, 11) is 1.79. The third-order valence-corrected chi connectivity index (χ3v) is 3.98. The first kappa shape index (κ1) is 17.0. The van der Waals surface area contributed by atoms with Gasteiger partial charge in [-0.2, -0.15) is 0 Å². The van der Waals surface area contributed by atoms with Crippen molar-refractivity contribution in [1.29, 1.82) is 0 Å². The zero-order valence-corrected chi connectivity index (χ0v) is 14.6. The van der Waals surface area contributed by atoms with E-state index in [1.54, 1.807) is 42.5 Å². The smallest absolute Gasteiger partial charge is 0.255 e. The van der Waals surface area contributed by atoms with Crippen molar-refractivity contribution < 1.29 is 4.79 Å². The van der Waals surface area contributed by atoms with Gasteiger partial charge in [0.15, 0.2) is 0 Å². The topological polar surface area (TPSA) is 45.2 Å². The Bertz CT molecular complexity index is 850. The molecule has 1 heterocycles. The standard InChI is InChI=1S/C20H18ClN3O/c1-24(14-15-5-3-2-4-6-15)20(25)16-11-19(13-22-12-16)23-18-9-7-17(21)8-10-18/h2-13,23H,14H2,1H3. The van der Waals surface area contributed by atoms with E-state index < -0.39 is 0 Å². The van der Waals surface area contributed by atoms with Crippen molar-refractivity contribution in [2.45, 2.75) is 6.54 Å². The maximum atomic E-state index is 12.6. The maximum Gasteiger partial charge on any atom is 0.255 e. The van der Waals surface area contributed by atoms with E-state index >= 15 is 0 Å². The van der Waals surface area contributed by atoms with Crippen LogP contribution in [-0.4, -0.2) is 22.8 Å². The number of anilines is 2. The van der Waals surface area contributed by atoms with Gasteiger partial charge in [-0.1, -0.05) is 41.9 Å². The highest BCUT2D eigenvalue weighted by atomic mass is 35.5. The van der Waals surface area contributed by atoms with Crippen LogP contribution >= 0.6 is 11.6 Å². The van der Waals surface area contributed by atoms with Crippen molar-refractivity contribution in [3.8, 4) is 0 Å². The molecule has 0 aliphatic rings. The van der Waals surface area contributed by atoms with Crippen molar-refractivity contribution in [3.05, 3.63) is 89.2 Å². The first-order chi connectivity index (χ1) is 12.1. The molecule has 126 valence electrons. The second kappa shape index (κ2) is 7.81. The number of benzene rings is 2. The van der Waals surface area contributed by atoms with Crippen LogP contribution in [0.5, 0.6) is 0 Å². The first-order valence-electron chi connectivity index (χ1n) is 7.89. The highest BCUT2D eigenvalue weighted by Crippen LogP contribution is 2.19. The van der Waals surface area contributed by atoms with Crippen LogP contribution in [0.2, 0.25) is 5.02 Å². The molecule has 0 radical (unpaired) electrons. The molecule has 0 saturated heterocycles. The Morgan fingerprint density at radius 2 is 1.76 bits per heavy atom. The molecule has 4 nitrogen and oxygen atoms in total. The van der Waals surface area contributed by atoms with E-state index in [1.807, 2.05) is 42.5 Å². The number of aromatic nitrogens is 1. The average molecular weight is 352 g/mol. The summed E-state index contributed by atoms with van der Waals surface area (Å²) in [6.07, 6.45) is 3.26. The van der Waals surface area contributed by atoms with E-state index in [1.165, 1.54) is 0 Å². The lowest BCUT2D eigenvalue weighted by molar-refractivity contribution is 0.0784. The highest BCUT2D eigenvalue weighted by Gasteiger charge is 2.13. The Kier molecular flexibility index (Phi) is 5.31. The summed E-state index contributed by atoms with van der Waals surface area (Å²) in [4.78, 5) is 18.5. The van der Waals surface area contributed by atoms with E-state index in [4.69, 9.17) is 11.6 Å². The fraction of sp³-hybridized carbons (Fsp3) is 0.100. The van der Waals surface area contributed by atoms with Crippen LogP contribution in [0.1, 0.15) is 15.9 Å². The molecule has 0 bridgehead atoms. The van der Waals surface area contributed by atoms with Gasteiger partial charge in [-0.15, -0.1) is 0 Å². The van der Waals surface area contributed by atoms with Gasteiger partial charge in [0.1, 0.15) is 0 Å². The zero-order chi connectivity index (χ0) is 17.6. The van der Waals surface area contributed by atoms with Gasteiger partial charge in [0.2, 0.25) is 0 Å². The molecule has 1 amide bonds. The van der Waals surface area contributed by atoms with Gasteiger partial charge >= 0.3 is 0 Å². The second-order valence-electron chi connectivity index (χ2n) is 5.74. The van der Waals surface area contributed by atoms with Gasteiger partial charge in [0.25, 0.3) is 5.91 Å². The third-order valence-electron chi connectivity index (χ3n) is 3.73. The van der Waals surface area contributed by atoms with Crippen molar-refractivity contribution in [2.75, 3.05) is 12.4 Å². The van der Waals surface area contributed by atoms with E-state index in [0.29, 0.717) is 17.1 Å². The van der Waals surface area contributed by atoms with Gasteiger partial charge in [0, 0.05) is 30.5 Å². The highest BCUT2D eigenvalue weighted by molar-refractivity contribution is 6.30. The van der Waals surface area contributed by atoms with Gasteiger partial charge in [-0.05, 0) is 35.9 Å². The molecule has 1 aromatic heterocycles. The third kappa shape index (κ3) is 4.58. The molecule has 0 fully saturated rings. The van der Waals surface area contributed by atoms with Gasteiger partial charge < -0.3 is 10.2 Å². The van der Waals surface area contributed by atoms with Crippen LogP contribution in [0.4, 0.5) is 11.4 Å². The molecule has 0 aliphatic carbocycles. The normalized spacial score (nSPS) is 10.3. The Labute approximate surface area is 152 Å². The van der Waals surface area contributed by atoms with Crippen LogP contribution in [0, 0.1) is 0 Å². The number of carbonyl (C=O) groups excluding carboxylic acids is 1. The molecular weight excluding hydrogens is 334 g/mol. The SMILES string of the molecule is CN(Cc1ccccc1)C(=O)c1cncc(Nc2ccc(Cl)cc2)c1. The number of amides is 1. The van der Waals surface area contributed by atoms with E-state index in [9.17, 15) is 4.79 Å². The fourth-order valence-corrected chi connectivity index (χ4v) is 2.60. The molecular formula is C20H18ClN3O. The molecule has 1 N–H and O–H groups in total. The Hall–Kier alpha value is -2.85. The molecule has 3 aromatic rings. The summed E-state index contributed by atoms with van der Waals surface area (Å²) in [5.41, 5.74) is 3.26. The monoisotopic (exact) mass is 351 g/mol.